The van der Waals surface area contributed by atoms with Crippen molar-refractivity contribution < 1.29 is 4.74 Å². The highest BCUT2D eigenvalue weighted by Crippen LogP contribution is 2.28. The molecule has 0 amide bonds. The van der Waals surface area contributed by atoms with E-state index < -0.39 is 0 Å². The minimum Gasteiger partial charge on any atom is -0.492 e. The first-order valence-corrected chi connectivity index (χ1v) is 7.09. The third-order valence-corrected chi connectivity index (χ3v) is 3.66. The minimum atomic E-state index is 0.475. The van der Waals surface area contributed by atoms with Gasteiger partial charge in [-0.2, -0.15) is 0 Å². The lowest BCUT2D eigenvalue weighted by atomic mass is 10.2. The fourth-order valence-electron chi connectivity index (χ4n) is 1.59. The van der Waals surface area contributed by atoms with Gasteiger partial charge in [-0.3, -0.25) is 0 Å². The van der Waals surface area contributed by atoms with Crippen LogP contribution in [0.3, 0.4) is 0 Å². The number of hydrogen-bond acceptors (Lipinski definition) is 1. The predicted octanol–water partition coefficient (Wildman–Crippen LogP) is 5.92. The molecule has 0 saturated heterocycles. The van der Waals surface area contributed by atoms with E-state index in [0.717, 1.165) is 5.56 Å². The zero-order chi connectivity index (χ0) is 13.8. The largest absolute Gasteiger partial charge is 0.492 e. The number of hydrogen-bond donors (Lipinski definition) is 0. The second-order valence-corrected chi connectivity index (χ2v) is 5.60. The molecule has 0 radical (unpaired) electrons. The first-order valence-electron chi connectivity index (χ1n) is 5.58. The molecule has 0 saturated carbocycles. The van der Waals surface area contributed by atoms with Crippen molar-refractivity contribution in [3.05, 3.63) is 62.1 Å². The van der Waals surface area contributed by atoms with Gasteiger partial charge in [0.2, 0.25) is 0 Å². The highest BCUT2D eigenvalue weighted by atomic mass is 35.5. The summed E-state index contributed by atoms with van der Waals surface area (Å²) < 4.78 is 5.60. The molecule has 2 aromatic carbocycles. The predicted molar refractivity (Wildman–Crippen MR) is 82.1 cm³/mol. The van der Waals surface area contributed by atoms with Gasteiger partial charge in [-0.1, -0.05) is 52.5 Å². The second-order valence-electron chi connectivity index (χ2n) is 3.91. The molecule has 0 bridgehead atoms. The van der Waals surface area contributed by atoms with Crippen LogP contribution in [-0.4, -0.2) is 6.61 Å². The number of ether oxygens (including phenoxy) is 1. The van der Waals surface area contributed by atoms with Crippen LogP contribution in [0.5, 0.6) is 5.75 Å². The summed E-state index contributed by atoms with van der Waals surface area (Å²) in [5, 5.41) is 2.33. The average Bonchev–Trinajstić information content (AvgIpc) is 2.34. The van der Waals surface area contributed by atoms with E-state index in [1.807, 2.05) is 6.07 Å². The van der Waals surface area contributed by atoms with Crippen LogP contribution in [0.25, 0.3) is 0 Å². The van der Waals surface area contributed by atoms with Crippen LogP contribution in [0.4, 0.5) is 0 Å². The molecule has 0 fully saturated rings. The van der Waals surface area contributed by atoms with Crippen LogP contribution >= 0.6 is 46.4 Å². The topological polar surface area (TPSA) is 9.23 Å². The highest BCUT2D eigenvalue weighted by Gasteiger charge is 2.04. The molecule has 0 heterocycles. The van der Waals surface area contributed by atoms with E-state index in [1.165, 1.54) is 0 Å². The quantitative estimate of drug-likeness (QED) is 0.673. The van der Waals surface area contributed by atoms with E-state index in [0.29, 0.717) is 38.9 Å². The van der Waals surface area contributed by atoms with Crippen LogP contribution in [-0.2, 0) is 6.42 Å². The Morgan fingerprint density at radius 1 is 0.789 bits per heavy atom. The molecule has 5 heteroatoms. The Morgan fingerprint density at radius 2 is 1.42 bits per heavy atom. The molecule has 0 unspecified atom stereocenters. The van der Waals surface area contributed by atoms with Crippen molar-refractivity contribution in [3.63, 3.8) is 0 Å². The van der Waals surface area contributed by atoms with Crippen molar-refractivity contribution >= 4 is 46.4 Å². The highest BCUT2D eigenvalue weighted by molar-refractivity contribution is 6.35. The second kappa shape index (κ2) is 6.71. The van der Waals surface area contributed by atoms with Crippen molar-refractivity contribution in [3.8, 4) is 5.75 Å². The maximum atomic E-state index is 6.08. The van der Waals surface area contributed by atoms with Gasteiger partial charge in [0.15, 0.2) is 0 Å². The number of benzene rings is 2. The zero-order valence-corrected chi connectivity index (χ0v) is 12.8. The van der Waals surface area contributed by atoms with E-state index in [9.17, 15) is 0 Å². The molecule has 0 atom stereocenters. The van der Waals surface area contributed by atoms with Gasteiger partial charge in [0, 0.05) is 21.5 Å². The summed E-state index contributed by atoms with van der Waals surface area (Å²) in [5.74, 6) is 0.608. The first-order chi connectivity index (χ1) is 9.06. The van der Waals surface area contributed by atoms with E-state index in [4.69, 9.17) is 51.1 Å². The third kappa shape index (κ3) is 4.19. The van der Waals surface area contributed by atoms with E-state index in [-0.39, 0.29) is 0 Å². The lowest BCUT2D eigenvalue weighted by Crippen LogP contribution is -2.02. The Bertz CT molecular complexity index is 532. The van der Waals surface area contributed by atoms with E-state index >= 15 is 0 Å². The Balaban J connectivity index is 1.96. The van der Waals surface area contributed by atoms with Gasteiger partial charge in [0.05, 0.1) is 11.6 Å². The first kappa shape index (κ1) is 14.8. The molecule has 0 aromatic heterocycles. The molecule has 19 heavy (non-hydrogen) atoms. The Morgan fingerprint density at radius 3 is 2.05 bits per heavy atom. The van der Waals surface area contributed by atoms with Crippen molar-refractivity contribution in [2.75, 3.05) is 6.61 Å². The normalized spacial score (nSPS) is 10.5. The van der Waals surface area contributed by atoms with Gasteiger partial charge in [-0.05, 0) is 35.9 Å². The number of halogens is 4. The smallest absolute Gasteiger partial charge is 0.137 e. The molecule has 100 valence electrons. The summed E-state index contributed by atoms with van der Waals surface area (Å²) in [6.07, 6.45) is 0.676. The van der Waals surface area contributed by atoms with Crippen LogP contribution in [0, 0.1) is 0 Å². The fraction of sp³-hybridized carbons (Fsp3) is 0.143. The molecular formula is C14H10Cl4O. The van der Waals surface area contributed by atoms with Crippen LogP contribution in [0.2, 0.25) is 20.1 Å². The summed E-state index contributed by atoms with van der Waals surface area (Å²) in [4.78, 5) is 0. The van der Waals surface area contributed by atoms with E-state index in [1.54, 1.807) is 30.3 Å². The standard InChI is InChI=1S/C14H10Cl4O/c15-10-2-1-9(12(17)7-10)5-6-19-14-4-3-11(16)8-13(14)18/h1-4,7-8H,5-6H2. The summed E-state index contributed by atoms with van der Waals surface area (Å²) in [5.41, 5.74) is 0.983. The molecule has 0 aliphatic heterocycles. The van der Waals surface area contributed by atoms with Gasteiger partial charge in [-0.15, -0.1) is 0 Å². The lowest BCUT2D eigenvalue weighted by molar-refractivity contribution is 0.322. The molecule has 0 N–H and O–H groups in total. The molecule has 0 aliphatic rings. The monoisotopic (exact) mass is 334 g/mol. The van der Waals surface area contributed by atoms with Crippen molar-refractivity contribution in [1.29, 1.82) is 0 Å². The van der Waals surface area contributed by atoms with Crippen LogP contribution in [0.1, 0.15) is 5.56 Å². The maximum Gasteiger partial charge on any atom is 0.137 e. The van der Waals surface area contributed by atoms with Crippen molar-refractivity contribution in [2.45, 2.75) is 6.42 Å². The molecule has 2 rings (SSSR count). The molecule has 2 aromatic rings. The van der Waals surface area contributed by atoms with Gasteiger partial charge in [0.1, 0.15) is 5.75 Å². The van der Waals surface area contributed by atoms with Crippen LogP contribution in [0.15, 0.2) is 36.4 Å². The number of rotatable bonds is 4. The minimum absolute atomic E-state index is 0.475. The SMILES string of the molecule is Clc1ccc(CCOc2ccc(Cl)cc2Cl)c(Cl)c1. The van der Waals surface area contributed by atoms with E-state index in [2.05, 4.69) is 0 Å². The Kier molecular flexibility index (Phi) is 5.23. The third-order valence-electron chi connectivity index (χ3n) is 2.54. The van der Waals surface area contributed by atoms with Gasteiger partial charge < -0.3 is 4.74 Å². The summed E-state index contributed by atoms with van der Waals surface area (Å²) >= 11 is 23.7. The molecule has 0 spiro atoms. The van der Waals surface area contributed by atoms with Crippen molar-refractivity contribution in [1.82, 2.24) is 0 Å². The average molecular weight is 336 g/mol. The zero-order valence-electron chi connectivity index (χ0n) is 9.80. The van der Waals surface area contributed by atoms with Gasteiger partial charge in [0.25, 0.3) is 0 Å². The Labute approximate surface area is 132 Å². The van der Waals surface area contributed by atoms with Crippen molar-refractivity contribution in [2.24, 2.45) is 0 Å². The molecule has 0 aliphatic carbocycles. The maximum absolute atomic E-state index is 6.08. The molecule has 1 nitrogen and oxygen atoms in total. The van der Waals surface area contributed by atoms with Gasteiger partial charge in [-0.25, -0.2) is 0 Å². The Hall–Kier alpha value is -0.600. The lowest BCUT2D eigenvalue weighted by Gasteiger charge is -2.09. The fourth-order valence-corrected chi connectivity index (χ4v) is 2.55. The summed E-state index contributed by atoms with van der Waals surface area (Å²) in [6, 6.07) is 10.5. The molecular weight excluding hydrogens is 326 g/mol. The van der Waals surface area contributed by atoms with Crippen LogP contribution < -0.4 is 4.74 Å². The summed E-state index contributed by atoms with van der Waals surface area (Å²) in [7, 11) is 0. The van der Waals surface area contributed by atoms with Gasteiger partial charge >= 0.3 is 0 Å². The summed E-state index contributed by atoms with van der Waals surface area (Å²) in [6.45, 7) is 0.475.